The molecule has 5 nitrogen and oxygen atoms in total. The first-order chi connectivity index (χ1) is 16.7. The normalized spacial score (nSPS) is 19.5. The SMILES string of the molecule is C[C@@H]1CCCN1CCCOc1ccc(-n2c(C(=O)NC3CCCCC3)cc3ccccc32)cc1. The van der Waals surface area contributed by atoms with Crippen LogP contribution in [0.2, 0.25) is 0 Å². The Balaban J connectivity index is 1.29. The second-order valence-electron chi connectivity index (χ2n) is 9.96. The van der Waals surface area contributed by atoms with Gasteiger partial charge < -0.3 is 19.5 Å². The van der Waals surface area contributed by atoms with E-state index in [9.17, 15) is 4.79 Å². The molecule has 0 unspecified atom stereocenters. The number of ether oxygens (including phenoxy) is 1. The molecule has 1 aliphatic heterocycles. The number of aromatic nitrogens is 1. The number of nitrogens with one attached hydrogen (secondary N) is 1. The molecule has 1 atom stereocenters. The van der Waals surface area contributed by atoms with E-state index in [2.05, 4.69) is 46.0 Å². The molecule has 2 heterocycles. The number of rotatable bonds is 8. The molecule has 180 valence electrons. The van der Waals surface area contributed by atoms with E-state index >= 15 is 0 Å². The first kappa shape index (κ1) is 23.0. The molecule has 5 heteroatoms. The quantitative estimate of drug-likeness (QED) is 0.424. The van der Waals surface area contributed by atoms with Gasteiger partial charge in [0.05, 0.1) is 12.1 Å². The summed E-state index contributed by atoms with van der Waals surface area (Å²) in [6, 6.07) is 19.4. The Kier molecular flexibility index (Phi) is 7.19. The number of hydrogen-bond acceptors (Lipinski definition) is 3. The summed E-state index contributed by atoms with van der Waals surface area (Å²) in [6.07, 6.45) is 9.51. The standard InChI is InChI=1S/C29H37N3O2/c1-22-9-7-18-31(22)19-8-20-34-26-16-14-25(15-17-26)32-27-13-6-5-10-23(27)21-28(32)29(33)30-24-11-3-2-4-12-24/h5-6,10,13-17,21-22,24H,2-4,7-9,11-12,18-20H2,1H3,(H,30,33)/t22-/m1/s1. The van der Waals surface area contributed by atoms with Gasteiger partial charge in [-0.05, 0) is 82.0 Å². The molecule has 2 aliphatic rings. The second-order valence-corrected chi connectivity index (χ2v) is 9.96. The van der Waals surface area contributed by atoms with Crippen molar-refractivity contribution in [3.05, 3.63) is 60.3 Å². The van der Waals surface area contributed by atoms with E-state index in [4.69, 9.17) is 4.74 Å². The van der Waals surface area contributed by atoms with Gasteiger partial charge in [0.1, 0.15) is 11.4 Å². The number of para-hydroxylation sites is 1. The second kappa shape index (κ2) is 10.6. The fourth-order valence-corrected chi connectivity index (χ4v) is 5.58. The molecule has 3 aromatic rings. The van der Waals surface area contributed by atoms with Crippen LogP contribution in [0.4, 0.5) is 0 Å². The minimum absolute atomic E-state index is 0.0135. The van der Waals surface area contributed by atoms with E-state index in [-0.39, 0.29) is 11.9 Å². The molecule has 1 saturated heterocycles. The maximum atomic E-state index is 13.3. The first-order valence-electron chi connectivity index (χ1n) is 13.1. The highest BCUT2D eigenvalue weighted by atomic mass is 16.5. The molecule has 34 heavy (non-hydrogen) atoms. The third-order valence-corrected chi connectivity index (χ3v) is 7.53. The molecule has 1 amide bonds. The van der Waals surface area contributed by atoms with Crippen LogP contribution in [0.15, 0.2) is 54.6 Å². The van der Waals surface area contributed by atoms with E-state index < -0.39 is 0 Å². The Morgan fingerprint density at radius 3 is 2.56 bits per heavy atom. The number of hydrogen-bond donors (Lipinski definition) is 1. The highest BCUT2D eigenvalue weighted by Gasteiger charge is 2.22. The number of nitrogens with zero attached hydrogens (tertiary/aromatic N) is 2. The van der Waals surface area contributed by atoms with Crippen LogP contribution in [-0.4, -0.2) is 47.2 Å². The van der Waals surface area contributed by atoms with Gasteiger partial charge in [-0.2, -0.15) is 0 Å². The molecule has 1 aliphatic carbocycles. The zero-order valence-electron chi connectivity index (χ0n) is 20.3. The lowest BCUT2D eigenvalue weighted by Gasteiger charge is -2.23. The molecule has 5 rings (SSSR count). The number of carbonyl (C=O) groups is 1. The van der Waals surface area contributed by atoms with Crippen molar-refractivity contribution in [1.29, 1.82) is 0 Å². The fourth-order valence-electron chi connectivity index (χ4n) is 5.58. The van der Waals surface area contributed by atoms with Gasteiger partial charge in [0.15, 0.2) is 0 Å². The molecule has 1 N–H and O–H groups in total. The maximum Gasteiger partial charge on any atom is 0.268 e. The summed E-state index contributed by atoms with van der Waals surface area (Å²) in [7, 11) is 0. The highest BCUT2D eigenvalue weighted by Crippen LogP contribution is 2.27. The lowest BCUT2D eigenvalue weighted by atomic mass is 9.95. The van der Waals surface area contributed by atoms with Crippen LogP contribution in [0, 0.1) is 0 Å². The van der Waals surface area contributed by atoms with Gasteiger partial charge in [-0.15, -0.1) is 0 Å². The molecule has 1 saturated carbocycles. The minimum atomic E-state index is 0.0135. The Hall–Kier alpha value is -2.79. The Bertz CT molecular complexity index is 1100. The molecule has 2 aromatic carbocycles. The Morgan fingerprint density at radius 2 is 1.79 bits per heavy atom. The predicted molar refractivity (Wildman–Crippen MR) is 138 cm³/mol. The maximum absolute atomic E-state index is 13.3. The van der Waals surface area contributed by atoms with Gasteiger partial charge in [0, 0.05) is 29.7 Å². The van der Waals surface area contributed by atoms with Crippen LogP contribution < -0.4 is 10.1 Å². The summed E-state index contributed by atoms with van der Waals surface area (Å²) < 4.78 is 8.10. The molecule has 0 radical (unpaired) electrons. The smallest absolute Gasteiger partial charge is 0.268 e. The molecule has 2 fully saturated rings. The van der Waals surface area contributed by atoms with Gasteiger partial charge in [-0.25, -0.2) is 0 Å². The van der Waals surface area contributed by atoms with Crippen LogP contribution in [0.5, 0.6) is 5.75 Å². The van der Waals surface area contributed by atoms with Gasteiger partial charge in [0.25, 0.3) is 5.91 Å². The van der Waals surface area contributed by atoms with Crippen molar-refractivity contribution in [2.24, 2.45) is 0 Å². The summed E-state index contributed by atoms with van der Waals surface area (Å²) in [5.74, 6) is 0.891. The number of amides is 1. The van der Waals surface area contributed by atoms with Crippen molar-refractivity contribution in [2.45, 2.75) is 70.4 Å². The van der Waals surface area contributed by atoms with Crippen molar-refractivity contribution >= 4 is 16.8 Å². The van der Waals surface area contributed by atoms with E-state index in [0.29, 0.717) is 11.7 Å². The monoisotopic (exact) mass is 459 g/mol. The average Bonchev–Trinajstić information content (AvgIpc) is 3.46. The lowest BCUT2D eigenvalue weighted by molar-refractivity contribution is 0.0921. The van der Waals surface area contributed by atoms with Crippen LogP contribution in [0.1, 0.15) is 68.8 Å². The zero-order valence-corrected chi connectivity index (χ0v) is 20.3. The molecule has 0 spiro atoms. The fraction of sp³-hybridized carbons (Fsp3) is 0.483. The van der Waals surface area contributed by atoms with Gasteiger partial charge in [-0.3, -0.25) is 4.79 Å². The molecular formula is C29H37N3O2. The topological polar surface area (TPSA) is 46.5 Å². The number of benzene rings is 2. The van der Waals surface area contributed by atoms with Gasteiger partial charge >= 0.3 is 0 Å². The van der Waals surface area contributed by atoms with E-state index in [1.54, 1.807) is 0 Å². The van der Waals surface area contributed by atoms with Crippen LogP contribution in [-0.2, 0) is 0 Å². The number of carbonyl (C=O) groups excluding carboxylic acids is 1. The van der Waals surface area contributed by atoms with Gasteiger partial charge in [0.2, 0.25) is 0 Å². The third kappa shape index (κ3) is 5.15. The van der Waals surface area contributed by atoms with E-state index in [1.165, 1.54) is 38.6 Å². The van der Waals surface area contributed by atoms with Crippen LogP contribution in [0.25, 0.3) is 16.6 Å². The first-order valence-corrected chi connectivity index (χ1v) is 13.1. The largest absolute Gasteiger partial charge is 0.494 e. The predicted octanol–water partition coefficient (Wildman–Crippen LogP) is 5.95. The zero-order chi connectivity index (χ0) is 23.3. The summed E-state index contributed by atoms with van der Waals surface area (Å²) in [4.78, 5) is 15.8. The molecule has 0 bridgehead atoms. The third-order valence-electron chi connectivity index (χ3n) is 7.53. The Morgan fingerprint density at radius 1 is 1.00 bits per heavy atom. The van der Waals surface area contributed by atoms with E-state index in [1.807, 2.05) is 30.3 Å². The molecule has 1 aromatic heterocycles. The minimum Gasteiger partial charge on any atom is -0.494 e. The number of fused-ring (bicyclic) bond motifs is 1. The highest BCUT2D eigenvalue weighted by molar-refractivity contribution is 6.00. The molecular weight excluding hydrogens is 422 g/mol. The van der Waals surface area contributed by atoms with Crippen molar-refractivity contribution < 1.29 is 9.53 Å². The summed E-state index contributed by atoms with van der Waals surface area (Å²) in [5, 5.41) is 4.37. The summed E-state index contributed by atoms with van der Waals surface area (Å²) in [5.41, 5.74) is 2.72. The van der Waals surface area contributed by atoms with Crippen LogP contribution in [0.3, 0.4) is 0 Å². The lowest BCUT2D eigenvalue weighted by Crippen LogP contribution is -2.37. The summed E-state index contributed by atoms with van der Waals surface area (Å²) in [6.45, 7) is 5.37. The van der Waals surface area contributed by atoms with E-state index in [0.717, 1.165) is 54.8 Å². The van der Waals surface area contributed by atoms with Crippen molar-refractivity contribution in [3.8, 4) is 11.4 Å². The van der Waals surface area contributed by atoms with Crippen LogP contribution >= 0.6 is 0 Å². The Labute approximate surface area is 203 Å². The van der Waals surface area contributed by atoms with Crippen molar-refractivity contribution in [2.75, 3.05) is 19.7 Å². The van der Waals surface area contributed by atoms with Gasteiger partial charge in [-0.1, -0.05) is 37.5 Å². The van der Waals surface area contributed by atoms with Crippen molar-refractivity contribution in [1.82, 2.24) is 14.8 Å². The number of likely N-dealkylation sites (tertiary alicyclic amines) is 1. The average molecular weight is 460 g/mol. The van der Waals surface area contributed by atoms with Crippen molar-refractivity contribution in [3.63, 3.8) is 0 Å². The summed E-state index contributed by atoms with van der Waals surface area (Å²) >= 11 is 0.